The van der Waals surface area contributed by atoms with Crippen LogP contribution in [0.4, 0.5) is 0 Å². The van der Waals surface area contributed by atoms with Crippen molar-refractivity contribution in [2.24, 2.45) is 10.2 Å². The summed E-state index contributed by atoms with van der Waals surface area (Å²) in [7, 11) is 0. The Kier molecular flexibility index (Phi) is 10.2. The quantitative estimate of drug-likeness (QED) is 0.251. The highest BCUT2D eigenvalue weighted by Gasteiger charge is 2.06. The number of hydrogen-bond acceptors (Lipinski definition) is 6. The number of nitrogens with one attached hydrogen (secondary N) is 2. The van der Waals surface area contributed by atoms with Gasteiger partial charge < -0.3 is 9.47 Å². The molecule has 3 aromatic carbocycles. The van der Waals surface area contributed by atoms with Gasteiger partial charge in [0.1, 0.15) is 11.5 Å². The fourth-order valence-electron chi connectivity index (χ4n) is 2.82. The van der Waals surface area contributed by atoms with Gasteiger partial charge in [-0.1, -0.05) is 36.4 Å². The first-order chi connectivity index (χ1) is 17.3. The number of hydrogen-bond donors (Lipinski definition) is 2. The second kappa shape index (κ2) is 13.6. The molecule has 0 atom stereocenters. The molecule has 36 heavy (non-hydrogen) atoms. The zero-order valence-corrected chi connectivity index (χ0v) is 22.8. The number of carbonyl (C=O) groups is 2. The van der Waals surface area contributed by atoms with Gasteiger partial charge in [0.25, 0.3) is 11.8 Å². The minimum absolute atomic E-state index is 0.159. The maximum Gasteiger partial charge on any atom is 0.277 e. The Bertz CT molecular complexity index is 1180. The summed E-state index contributed by atoms with van der Waals surface area (Å²) in [6, 6.07) is 18.4. The highest BCUT2D eigenvalue weighted by Crippen LogP contribution is 2.26. The van der Waals surface area contributed by atoms with Crippen LogP contribution < -0.4 is 20.3 Å². The lowest BCUT2D eigenvalue weighted by atomic mass is 10.2. The van der Waals surface area contributed by atoms with Crippen LogP contribution in [0.25, 0.3) is 0 Å². The fraction of sp³-hybridized carbons (Fsp3) is 0.154. The van der Waals surface area contributed by atoms with Crippen molar-refractivity contribution in [3.63, 3.8) is 0 Å². The van der Waals surface area contributed by atoms with Crippen LogP contribution in [0, 0.1) is 13.8 Å². The van der Waals surface area contributed by atoms with Gasteiger partial charge in [0.15, 0.2) is 13.2 Å². The van der Waals surface area contributed by atoms with Crippen molar-refractivity contribution in [2.75, 3.05) is 13.2 Å². The van der Waals surface area contributed by atoms with E-state index in [-0.39, 0.29) is 25.0 Å². The summed E-state index contributed by atoms with van der Waals surface area (Å²) in [5.41, 5.74) is 8.57. The molecule has 0 radical (unpaired) electrons. The van der Waals surface area contributed by atoms with E-state index in [1.54, 1.807) is 36.4 Å². The first-order valence-electron chi connectivity index (χ1n) is 10.8. The Labute approximate surface area is 226 Å². The van der Waals surface area contributed by atoms with E-state index in [4.69, 9.17) is 9.47 Å². The number of hydrazone groups is 2. The Morgan fingerprint density at radius 2 is 1.11 bits per heavy atom. The molecule has 0 saturated carbocycles. The molecule has 2 amide bonds. The monoisotopic (exact) mass is 614 g/mol. The van der Waals surface area contributed by atoms with Gasteiger partial charge >= 0.3 is 0 Å². The number of nitrogens with zero attached hydrogens (tertiary/aromatic N) is 2. The van der Waals surface area contributed by atoms with Gasteiger partial charge in [-0.25, -0.2) is 10.9 Å². The topological polar surface area (TPSA) is 101 Å². The molecular formula is C26H24Br2N4O4. The minimum Gasteiger partial charge on any atom is -0.483 e. The Morgan fingerprint density at radius 3 is 1.47 bits per heavy atom. The summed E-state index contributed by atoms with van der Waals surface area (Å²) in [6.45, 7) is 3.62. The van der Waals surface area contributed by atoms with E-state index in [0.717, 1.165) is 31.2 Å². The molecule has 0 bridgehead atoms. The molecular weight excluding hydrogens is 592 g/mol. The molecule has 0 heterocycles. The third kappa shape index (κ3) is 8.94. The smallest absolute Gasteiger partial charge is 0.277 e. The zero-order valence-electron chi connectivity index (χ0n) is 19.6. The molecule has 3 aromatic rings. The van der Waals surface area contributed by atoms with Crippen LogP contribution >= 0.6 is 31.9 Å². The van der Waals surface area contributed by atoms with E-state index >= 15 is 0 Å². The van der Waals surface area contributed by atoms with Crippen molar-refractivity contribution in [1.82, 2.24) is 10.9 Å². The number of rotatable bonds is 10. The van der Waals surface area contributed by atoms with Crippen molar-refractivity contribution >= 4 is 56.1 Å². The predicted octanol–water partition coefficient (Wildman–Crippen LogP) is 4.89. The number of ether oxygens (including phenoxy) is 2. The lowest BCUT2D eigenvalue weighted by molar-refractivity contribution is -0.123. The van der Waals surface area contributed by atoms with Crippen LogP contribution in [0.5, 0.6) is 11.5 Å². The molecule has 8 nitrogen and oxygen atoms in total. The van der Waals surface area contributed by atoms with Crippen molar-refractivity contribution < 1.29 is 19.1 Å². The van der Waals surface area contributed by atoms with Crippen LogP contribution in [0.15, 0.2) is 79.8 Å². The average molecular weight is 616 g/mol. The Morgan fingerprint density at radius 1 is 0.722 bits per heavy atom. The Hall–Kier alpha value is -3.50. The van der Waals surface area contributed by atoms with E-state index in [9.17, 15) is 9.59 Å². The molecule has 0 aliphatic heterocycles. The normalized spacial score (nSPS) is 11.0. The molecule has 3 rings (SSSR count). The van der Waals surface area contributed by atoms with Gasteiger partial charge in [-0.2, -0.15) is 10.2 Å². The van der Waals surface area contributed by atoms with Crippen LogP contribution in [0.3, 0.4) is 0 Å². The summed E-state index contributed by atoms with van der Waals surface area (Å²) < 4.78 is 12.5. The second-order valence-electron chi connectivity index (χ2n) is 7.70. The van der Waals surface area contributed by atoms with Crippen molar-refractivity contribution in [3.8, 4) is 11.5 Å². The highest BCUT2D eigenvalue weighted by molar-refractivity contribution is 9.10. The number of aryl methyl sites for hydroxylation is 2. The van der Waals surface area contributed by atoms with E-state index in [1.807, 2.05) is 38.1 Å². The third-order valence-electron chi connectivity index (χ3n) is 4.63. The summed E-state index contributed by atoms with van der Waals surface area (Å²) in [5.74, 6) is 0.411. The van der Waals surface area contributed by atoms with Gasteiger partial charge in [-0.3, -0.25) is 9.59 Å². The van der Waals surface area contributed by atoms with Crippen molar-refractivity contribution in [1.29, 1.82) is 0 Å². The van der Waals surface area contributed by atoms with E-state index in [1.165, 1.54) is 12.4 Å². The maximum absolute atomic E-state index is 11.9. The fourth-order valence-corrected chi connectivity index (χ4v) is 4.04. The third-order valence-corrected chi connectivity index (χ3v) is 5.87. The molecule has 0 aromatic heterocycles. The molecule has 186 valence electrons. The molecule has 0 saturated heterocycles. The second-order valence-corrected chi connectivity index (χ2v) is 9.41. The first-order valence-corrected chi connectivity index (χ1v) is 12.4. The molecule has 0 spiro atoms. The number of benzene rings is 3. The average Bonchev–Trinajstić information content (AvgIpc) is 2.84. The van der Waals surface area contributed by atoms with Crippen LogP contribution in [0.2, 0.25) is 0 Å². The van der Waals surface area contributed by atoms with Crippen LogP contribution in [-0.2, 0) is 9.59 Å². The SMILES string of the molecule is Cc1ccc(OCC(=O)N/N=C/c2ccc(/C=N/NC(=O)COc3ccc(C)cc3Br)cc2)c(Br)c1. The number of halogens is 2. The van der Waals surface area contributed by atoms with E-state index in [2.05, 4.69) is 52.9 Å². The van der Waals surface area contributed by atoms with Gasteiger partial charge in [0.05, 0.1) is 21.4 Å². The molecule has 0 aliphatic rings. The minimum atomic E-state index is -0.378. The van der Waals surface area contributed by atoms with Gasteiger partial charge in [-0.05, 0) is 92.2 Å². The summed E-state index contributed by atoms with van der Waals surface area (Å²) in [5, 5.41) is 7.88. The molecule has 2 N–H and O–H groups in total. The van der Waals surface area contributed by atoms with Gasteiger partial charge in [0, 0.05) is 0 Å². The number of amides is 2. The molecule has 10 heteroatoms. The van der Waals surface area contributed by atoms with Gasteiger partial charge in [-0.15, -0.1) is 0 Å². The maximum atomic E-state index is 11.9. The number of carbonyl (C=O) groups excluding carboxylic acids is 2. The largest absolute Gasteiger partial charge is 0.483 e. The van der Waals surface area contributed by atoms with E-state index in [0.29, 0.717) is 11.5 Å². The van der Waals surface area contributed by atoms with E-state index < -0.39 is 0 Å². The van der Waals surface area contributed by atoms with Crippen molar-refractivity contribution in [3.05, 3.63) is 91.9 Å². The first kappa shape index (κ1) is 27.1. The summed E-state index contributed by atoms with van der Waals surface area (Å²) >= 11 is 6.81. The predicted molar refractivity (Wildman–Crippen MR) is 147 cm³/mol. The molecule has 0 unspecified atom stereocenters. The lowest BCUT2D eigenvalue weighted by Crippen LogP contribution is -2.24. The van der Waals surface area contributed by atoms with Crippen molar-refractivity contribution in [2.45, 2.75) is 13.8 Å². The standard InChI is InChI=1S/C26H24Br2N4O4/c1-17-3-9-23(21(27)11-17)35-15-25(33)31-29-13-19-5-7-20(8-6-19)14-30-32-26(34)16-36-24-10-4-18(2)12-22(24)28/h3-14H,15-16H2,1-2H3,(H,31,33)(H,32,34)/b29-13+,30-14+. The zero-order chi connectivity index (χ0) is 25.9. The van der Waals surface area contributed by atoms with Crippen LogP contribution in [-0.4, -0.2) is 37.5 Å². The summed E-state index contributed by atoms with van der Waals surface area (Å²) in [4.78, 5) is 23.9. The molecule has 0 aliphatic carbocycles. The Balaban J connectivity index is 1.39. The van der Waals surface area contributed by atoms with Crippen LogP contribution in [0.1, 0.15) is 22.3 Å². The van der Waals surface area contributed by atoms with Gasteiger partial charge in [0.2, 0.25) is 0 Å². The highest BCUT2D eigenvalue weighted by atomic mass is 79.9. The lowest BCUT2D eigenvalue weighted by Gasteiger charge is -2.07. The molecule has 0 fully saturated rings. The summed E-state index contributed by atoms with van der Waals surface area (Å²) in [6.07, 6.45) is 3.03.